The first-order chi connectivity index (χ1) is 13.8. The summed E-state index contributed by atoms with van der Waals surface area (Å²) in [5.41, 5.74) is 0.493. The second-order valence-electron chi connectivity index (χ2n) is 7.95. The fraction of sp³-hybridized carbons (Fsp3) is 0.409. The van der Waals surface area contributed by atoms with Gasteiger partial charge in [-0.3, -0.25) is 14.4 Å². The van der Waals surface area contributed by atoms with Gasteiger partial charge >= 0.3 is 0 Å². The molecule has 154 valence electrons. The predicted molar refractivity (Wildman–Crippen MR) is 110 cm³/mol. The van der Waals surface area contributed by atoms with Crippen molar-refractivity contribution in [1.82, 2.24) is 15.2 Å². The summed E-state index contributed by atoms with van der Waals surface area (Å²) in [6, 6.07) is 10.7. The Labute approximate surface area is 170 Å². The highest BCUT2D eigenvalue weighted by molar-refractivity contribution is 5.99. The Kier molecular flexibility index (Phi) is 5.88. The van der Waals surface area contributed by atoms with Gasteiger partial charge in [-0.25, -0.2) is 0 Å². The maximum absolute atomic E-state index is 12.9. The molecule has 1 saturated carbocycles. The van der Waals surface area contributed by atoms with Crippen LogP contribution in [0.4, 0.5) is 0 Å². The number of nitrogens with one attached hydrogen (secondary N) is 2. The lowest BCUT2D eigenvalue weighted by Crippen LogP contribution is -2.61. The van der Waals surface area contributed by atoms with Crippen LogP contribution in [0.15, 0.2) is 47.4 Å². The normalized spacial score (nSPS) is 19.9. The Morgan fingerprint density at radius 3 is 2.48 bits per heavy atom. The van der Waals surface area contributed by atoms with E-state index < -0.39 is 11.5 Å². The third kappa shape index (κ3) is 4.10. The molecular formula is C22H27N3O4. The molecule has 7 nitrogen and oxygen atoms in total. The molecule has 29 heavy (non-hydrogen) atoms. The highest BCUT2D eigenvalue weighted by Crippen LogP contribution is 2.42. The molecule has 1 aliphatic rings. The first-order valence-electron chi connectivity index (χ1n) is 9.62. The summed E-state index contributed by atoms with van der Waals surface area (Å²) in [4.78, 5) is 37.9. The van der Waals surface area contributed by atoms with Crippen LogP contribution in [0.5, 0.6) is 0 Å². The minimum absolute atomic E-state index is 0.0436. The van der Waals surface area contributed by atoms with Gasteiger partial charge in [0.2, 0.25) is 0 Å². The molecule has 2 amide bonds. The van der Waals surface area contributed by atoms with Crippen molar-refractivity contribution in [2.24, 2.45) is 5.41 Å². The van der Waals surface area contributed by atoms with Gasteiger partial charge in [0.15, 0.2) is 0 Å². The Morgan fingerprint density at radius 2 is 1.90 bits per heavy atom. The zero-order valence-corrected chi connectivity index (χ0v) is 17.2. The molecule has 0 aliphatic heterocycles. The van der Waals surface area contributed by atoms with Crippen LogP contribution in [0.1, 0.15) is 46.5 Å². The maximum atomic E-state index is 12.9. The van der Waals surface area contributed by atoms with Crippen molar-refractivity contribution in [3.8, 4) is 0 Å². The predicted octanol–water partition coefficient (Wildman–Crippen LogP) is 1.80. The van der Waals surface area contributed by atoms with E-state index in [4.69, 9.17) is 4.74 Å². The van der Waals surface area contributed by atoms with Crippen LogP contribution in [0.25, 0.3) is 0 Å². The van der Waals surface area contributed by atoms with Crippen molar-refractivity contribution in [3.63, 3.8) is 0 Å². The van der Waals surface area contributed by atoms with Gasteiger partial charge in [-0.15, -0.1) is 0 Å². The molecule has 1 aromatic carbocycles. The SMILES string of the molecule is CNC(=O)c1cc(C(=O)NC2CC(OC)C2(C)C)cn(Cc2ccccc2)c1=O. The summed E-state index contributed by atoms with van der Waals surface area (Å²) < 4.78 is 6.84. The number of nitrogens with zero attached hydrogens (tertiary/aromatic N) is 1. The zero-order chi connectivity index (χ0) is 21.2. The van der Waals surface area contributed by atoms with Gasteiger partial charge in [-0.05, 0) is 18.1 Å². The molecule has 3 rings (SSSR count). The number of carbonyl (C=O) groups is 2. The van der Waals surface area contributed by atoms with E-state index in [1.54, 1.807) is 7.11 Å². The largest absolute Gasteiger partial charge is 0.381 e. The van der Waals surface area contributed by atoms with Crippen LogP contribution in [0.2, 0.25) is 0 Å². The Morgan fingerprint density at radius 1 is 1.21 bits per heavy atom. The number of ether oxygens (including phenoxy) is 1. The summed E-state index contributed by atoms with van der Waals surface area (Å²) >= 11 is 0. The molecule has 0 radical (unpaired) electrons. The quantitative estimate of drug-likeness (QED) is 0.778. The zero-order valence-electron chi connectivity index (χ0n) is 17.2. The molecule has 2 N–H and O–H groups in total. The number of amides is 2. The Bertz CT molecular complexity index is 966. The summed E-state index contributed by atoms with van der Waals surface area (Å²) in [6.45, 7) is 4.36. The van der Waals surface area contributed by atoms with Gasteiger partial charge in [0, 0.05) is 31.8 Å². The minimum Gasteiger partial charge on any atom is -0.381 e. The van der Waals surface area contributed by atoms with Crippen LogP contribution in [0.3, 0.4) is 0 Å². The van der Waals surface area contributed by atoms with Gasteiger partial charge in [0.25, 0.3) is 17.4 Å². The smallest absolute Gasteiger partial charge is 0.263 e. The van der Waals surface area contributed by atoms with Gasteiger partial charge < -0.3 is 19.9 Å². The van der Waals surface area contributed by atoms with E-state index in [0.717, 1.165) is 12.0 Å². The average Bonchev–Trinajstić information content (AvgIpc) is 2.72. The number of carbonyl (C=O) groups excluding carboxylic acids is 2. The summed E-state index contributed by atoms with van der Waals surface area (Å²) in [5, 5.41) is 5.48. The first-order valence-corrected chi connectivity index (χ1v) is 9.62. The molecule has 0 saturated heterocycles. The van der Waals surface area contributed by atoms with E-state index in [1.165, 1.54) is 23.9 Å². The highest BCUT2D eigenvalue weighted by atomic mass is 16.5. The molecule has 2 atom stereocenters. The summed E-state index contributed by atoms with van der Waals surface area (Å²) in [5.74, 6) is -0.834. The Balaban J connectivity index is 1.91. The average molecular weight is 397 g/mol. The molecule has 0 spiro atoms. The molecular weight excluding hydrogens is 370 g/mol. The molecule has 1 aliphatic carbocycles. The van der Waals surface area contributed by atoms with E-state index in [1.807, 2.05) is 44.2 Å². The van der Waals surface area contributed by atoms with E-state index >= 15 is 0 Å². The van der Waals surface area contributed by atoms with Gasteiger partial charge in [-0.2, -0.15) is 0 Å². The minimum atomic E-state index is -0.519. The van der Waals surface area contributed by atoms with Crippen LogP contribution >= 0.6 is 0 Å². The lowest BCUT2D eigenvalue weighted by Gasteiger charge is -2.51. The number of hydrogen-bond acceptors (Lipinski definition) is 4. The van der Waals surface area contributed by atoms with Crippen LogP contribution in [-0.4, -0.2) is 42.7 Å². The second kappa shape index (κ2) is 8.21. The molecule has 7 heteroatoms. The third-order valence-electron chi connectivity index (χ3n) is 5.78. The maximum Gasteiger partial charge on any atom is 0.263 e. The van der Waals surface area contributed by atoms with Crippen molar-refractivity contribution < 1.29 is 14.3 Å². The van der Waals surface area contributed by atoms with E-state index in [2.05, 4.69) is 10.6 Å². The van der Waals surface area contributed by atoms with Crippen LogP contribution in [0, 0.1) is 5.41 Å². The number of aromatic nitrogens is 1. The molecule has 0 bridgehead atoms. The third-order valence-corrected chi connectivity index (χ3v) is 5.78. The fourth-order valence-corrected chi connectivity index (χ4v) is 3.73. The van der Waals surface area contributed by atoms with Crippen molar-refractivity contribution in [2.75, 3.05) is 14.2 Å². The van der Waals surface area contributed by atoms with Crippen LogP contribution in [-0.2, 0) is 11.3 Å². The lowest BCUT2D eigenvalue weighted by atomic mass is 9.64. The molecule has 1 aromatic heterocycles. The summed E-state index contributed by atoms with van der Waals surface area (Å²) in [6.07, 6.45) is 2.32. The van der Waals surface area contributed by atoms with Gasteiger partial charge in [0.05, 0.1) is 18.2 Å². The molecule has 1 fully saturated rings. The second-order valence-corrected chi connectivity index (χ2v) is 7.95. The number of hydrogen-bond donors (Lipinski definition) is 2. The highest BCUT2D eigenvalue weighted by Gasteiger charge is 2.49. The number of pyridine rings is 1. The number of benzene rings is 1. The van der Waals surface area contributed by atoms with E-state index in [-0.39, 0.29) is 41.1 Å². The topological polar surface area (TPSA) is 89.4 Å². The van der Waals surface area contributed by atoms with Crippen molar-refractivity contribution in [1.29, 1.82) is 0 Å². The summed E-state index contributed by atoms with van der Waals surface area (Å²) in [7, 11) is 3.12. The van der Waals surface area contributed by atoms with Crippen molar-refractivity contribution in [3.05, 3.63) is 69.6 Å². The fourth-order valence-electron chi connectivity index (χ4n) is 3.73. The molecule has 2 unspecified atom stereocenters. The Hall–Kier alpha value is -2.93. The molecule has 2 aromatic rings. The molecule has 1 heterocycles. The van der Waals surface area contributed by atoms with Crippen LogP contribution < -0.4 is 16.2 Å². The van der Waals surface area contributed by atoms with Gasteiger partial charge in [0.1, 0.15) is 5.56 Å². The number of methoxy groups -OCH3 is 1. The monoisotopic (exact) mass is 397 g/mol. The standard InChI is InChI=1S/C22H27N3O4/c1-22(2)17(11-18(22)29-4)24-19(26)15-10-16(20(27)23-3)21(28)25(13-15)12-14-8-6-5-7-9-14/h5-10,13,17-18H,11-12H2,1-4H3,(H,23,27)(H,24,26). The van der Waals surface area contributed by atoms with Crippen molar-refractivity contribution in [2.45, 2.75) is 39.0 Å². The lowest BCUT2D eigenvalue weighted by molar-refractivity contribution is -0.0942. The number of rotatable bonds is 6. The van der Waals surface area contributed by atoms with E-state index in [9.17, 15) is 14.4 Å². The van der Waals surface area contributed by atoms with Crippen molar-refractivity contribution >= 4 is 11.8 Å². The first kappa shape index (κ1) is 20.8. The van der Waals surface area contributed by atoms with Gasteiger partial charge in [-0.1, -0.05) is 44.2 Å². The van der Waals surface area contributed by atoms with E-state index in [0.29, 0.717) is 0 Å².